The highest BCUT2D eigenvalue weighted by atomic mass is 127. The molecule has 0 unspecified atom stereocenters. The normalized spacial score (nSPS) is 11.4. The van der Waals surface area contributed by atoms with E-state index in [-0.39, 0.29) is 24.0 Å². The van der Waals surface area contributed by atoms with Crippen molar-refractivity contribution in [2.75, 3.05) is 39.4 Å². The maximum absolute atomic E-state index is 11.6. The largest absolute Gasteiger partial charge is 0.444 e. The van der Waals surface area contributed by atoms with E-state index >= 15 is 0 Å². The third kappa shape index (κ3) is 16.0. The highest BCUT2D eigenvalue weighted by Gasteiger charge is 2.15. The van der Waals surface area contributed by atoms with Crippen LogP contribution < -0.4 is 16.0 Å². The minimum Gasteiger partial charge on any atom is -0.444 e. The van der Waals surface area contributed by atoms with Crippen LogP contribution in [0.4, 0.5) is 4.79 Å². The molecule has 7 nitrogen and oxygen atoms in total. The number of carbonyl (C=O) groups is 1. The number of ether oxygens (including phenoxy) is 2. The molecule has 1 aromatic rings. The number of rotatable bonds is 11. The second-order valence-corrected chi connectivity index (χ2v) is 7.32. The number of aliphatic imine (C=N–C) groups is 1. The fourth-order valence-electron chi connectivity index (χ4n) is 2.30. The molecule has 0 aliphatic heterocycles. The van der Waals surface area contributed by atoms with Crippen LogP contribution in [0.3, 0.4) is 0 Å². The molecule has 0 aromatic heterocycles. The molecule has 29 heavy (non-hydrogen) atoms. The maximum Gasteiger partial charge on any atom is 0.407 e. The molecule has 0 radical (unpaired) electrons. The van der Waals surface area contributed by atoms with Crippen molar-refractivity contribution in [3.63, 3.8) is 0 Å². The van der Waals surface area contributed by atoms with Gasteiger partial charge in [-0.2, -0.15) is 0 Å². The summed E-state index contributed by atoms with van der Waals surface area (Å²) in [7, 11) is 0. The molecular formula is C21H37IN4O3. The first-order valence-corrected chi connectivity index (χ1v) is 10.0. The molecule has 0 fully saturated rings. The molecular weight excluding hydrogens is 483 g/mol. The molecule has 1 aromatic carbocycles. The number of alkyl carbamates (subject to hydrolysis) is 1. The number of amides is 1. The number of nitrogens with one attached hydrogen (secondary N) is 3. The zero-order valence-corrected chi connectivity index (χ0v) is 20.5. The Bertz CT molecular complexity index is 577. The second-order valence-electron chi connectivity index (χ2n) is 7.32. The van der Waals surface area contributed by atoms with E-state index < -0.39 is 11.7 Å². The van der Waals surface area contributed by atoms with Crippen molar-refractivity contribution in [1.29, 1.82) is 0 Å². The number of hydrogen-bond acceptors (Lipinski definition) is 4. The Labute approximate surface area is 192 Å². The quantitative estimate of drug-likeness (QED) is 0.181. The molecule has 1 amide bonds. The van der Waals surface area contributed by atoms with E-state index in [9.17, 15) is 4.79 Å². The Balaban J connectivity index is 0.00000784. The van der Waals surface area contributed by atoms with Crippen LogP contribution in [-0.2, 0) is 15.9 Å². The van der Waals surface area contributed by atoms with E-state index in [1.165, 1.54) is 5.56 Å². The van der Waals surface area contributed by atoms with Gasteiger partial charge in [-0.3, -0.25) is 4.99 Å². The van der Waals surface area contributed by atoms with Gasteiger partial charge in [0, 0.05) is 32.8 Å². The highest BCUT2D eigenvalue weighted by Crippen LogP contribution is 2.06. The Morgan fingerprint density at radius 3 is 2.38 bits per heavy atom. The van der Waals surface area contributed by atoms with Crippen molar-refractivity contribution < 1.29 is 14.3 Å². The Morgan fingerprint density at radius 2 is 1.72 bits per heavy atom. The average molecular weight is 520 g/mol. The van der Waals surface area contributed by atoms with Crippen molar-refractivity contribution in [3.8, 4) is 0 Å². The van der Waals surface area contributed by atoms with Crippen molar-refractivity contribution in [3.05, 3.63) is 35.9 Å². The summed E-state index contributed by atoms with van der Waals surface area (Å²) in [5, 5.41) is 9.09. The first-order valence-electron chi connectivity index (χ1n) is 10.0. The van der Waals surface area contributed by atoms with Crippen molar-refractivity contribution >= 4 is 36.0 Å². The zero-order chi connectivity index (χ0) is 20.7. The molecule has 0 spiro atoms. The second kappa shape index (κ2) is 16.3. The highest BCUT2D eigenvalue weighted by molar-refractivity contribution is 14.0. The van der Waals surface area contributed by atoms with Gasteiger partial charge in [0.1, 0.15) is 5.60 Å². The molecule has 0 atom stereocenters. The van der Waals surface area contributed by atoms with E-state index in [1.807, 2.05) is 45.9 Å². The first-order chi connectivity index (χ1) is 13.4. The molecule has 0 aliphatic carbocycles. The van der Waals surface area contributed by atoms with Crippen LogP contribution in [0.1, 0.15) is 39.7 Å². The van der Waals surface area contributed by atoms with Gasteiger partial charge in [0.25, 0.3) is 0 Å². The first kappa shape index (κ1) is 27.5. The molecule has 0 bridgehead atoms. The smallest absolute Gasteiger partial charge is 0.407 e. The van der Waals surface area contributed by atoms with Crippen molar-refractivity contribution in [2.45, 2.75) is 46.1 Å². The van der Waals surface area contributed by atoms with Gasteiger partial charge in [-0.15, -0.1) is 24.0 Å². The molecule has 0 saturated heterocycles. The van der Waals surface area contributed by atoms with Gasteiger partial charge in [0.05, 0.1) is 6.61 Å². The van der Waals surface area contributed by atoms with Crippen LogP contribution in [0.25, 0.3) is 0 Å². The summed E-state index contributed by atoms with van der Waals surface area (Å²) >= 11 is 0. The van der Waals surface area contributed by atoms with Crippen LogP contribution in [0, 0.1) is 0 Å². The molecule has 0 saturated carbocycles. The SMILES string of the molecule is CCNC(=NCCCOCCc1ccccc1)NCCNC(=O)OC(C)(C)C.I. The minimum atomic E-state index is -0.489. The summed E-state index contributed by atoms with van der Waals surface area (Å²) in [5.41, 5.74) is 0.802. The summed E-state index contributed by atoms with van der Waals surface area (Å²) in [4.78, 5) is 16.1. The summed E-state index contributed by atoms with van der Waals surface area (Å²) in [6.45, 7) is 11.4. The number of hydrogen-bond donors (Lipinski definition) is 3. The third-order valence-electron chi connectivity index (χ3n) is 3.52. The number of guanidine groups is 1. The fraction of sp³-hybridized carbons (Fsp3) is 0.619. The lowest BCUT2D eigenvalue weighted by Gasteiger charge is -2.19. The number of nitrogens with zero attached hydrogens (tertiary/aromatic N) is 1. The van der Waals surface area contributed by atoms with Gasteiger partial charge in [-0.25, -0.2) is 4.79 Å². The van der Waals surface area contributed by atoms with E-state index in [2.05, 4.69) is 33.1 Å². The van der Waals surface area contributed by atoms with Gasteiger partial charge >= 0.3 is 6.09 Å². The zero-order valence-electron chi connectivity index (χ0n) is 18.1. The predicted molar refractivity (Wildman–Crippen MR) is 129 cm³/mol. The van der Waals surface area contributed by atoms with Gasteiger partial charge in [-0.1, -0.05) is 30.3 Å². The summed E-state index contributed by atoms with van der Waals surface area (Å²) in [6.07, 6.45) is 1.38. The molecule has 8 heteroatoms. The maximum atomic E-state index is 11.6. The summed E-state index contributed by atoms with van der Waals surface area (Å²) in [6, 6.07) is 10.3. The Morgan fingerprint density at radius 1 is 1.03 bits per heavy atom. The van der Waals surface area contributed by atoms with E-state index in [4.69, 9.17) is 9.47 Å². The summed E-state index contributed by atoms with van der Waals surface area (Å²) in [5.74, 6) is 0.734. The van der Waals surface area contributed by atoms with E-state index in [1.54, 1.807) is 0 Å². The Hall–Kier alpha value is -1.55. The van der Waals surface area contributed by atoms with Crippen LogP contribution in [0.2, 0.25) is 0 Å². The van der Waals surface area contributed by atoms with Gasteiger partial charge in [0.2, 0.25) is 0 Å². The van der Waals surface area contributed by atoms with Crippen molar-refractivity contribution in [1.82, 2.24) is 16.0 Å². The molecule has 3 N–H and O–H groups in total. The number of halogens is 1. The van der Waals surface area contributed by atoms with E-state index in [0.717, 1.165) is 32.0 Å². The third-order valence-corrected chi connectivity index (χ3v) is 3.52. The van der Waals surface area contributed by atoms with Gasteiger partial charge in [0.15, 0.2) is 5.96 Å². The predicted octanol–water partition coefficient (Wildman–Crippen LogP) is 3.33. The standard InChI is InChI=1S/C21H36N4O3.HI/c1-5-22-19(24-14-15-25-20(26)28-21(2,3)4)23-13-9-16-27-17-12-18-10-7-6-8-11-18;/h6-8,10-11H,5,9,12-17H2,1-4H3,(H,25,26)(H2,22,23,24);1H. The van der Waals surface area contributed by atoms with Crippen LogP contribution in [0.5, 0.6) is 0 Å². The average Bonchev–Trinajstić information content (AvgIpc) is 2.63. The van der Waals surface area contributed by atoms with E-state index in [0.29, 0.717) is 26.2 Å². The van der Waals surface area contributed by atoms with Gasteiger partial charge < -0.3 is 25.4 Å². The van der Waals surface area contributed by atoms with Crippen LogP contribution in [-0.4, -0.2) is 57.0 Å². The Kier molecular flexibility index (Phi) is 15.4. The number of carbonyl (C=O) groups excluding carboxylic acids is 1. The lowest BCUT2D eigenvalue weighted by atomic mass is 10.2. The minimum absolute atomic E-state index is 0. The lowest BCUT2D eigenvalue weighted by molar-refractivity contribution is 0.0529. The van der Waals surface area contributed by atoms with Crippen LogP contribution >= 0.6 is 24.0 Å². The van der Waals surface area contributed by atoms with Crippen LogP contribution in [0.15, 0.2) is 35.3 Å². The molecule has 0 aliphatic rings. The monoisotopic (exact) mass is 520 g/mol. The molecule has 166 valence electrons. The lowest BCUT2D eigenvalue weighted by Crippen LogP contribution is -2.42. The molecule has 1 rings (SSSR count). The topological polar surface area (TPSA) is 84.0 Å². The fourth-order valence-corrected chi connectivity index (χ4v) is 2.30. The summed E-state index contributed by atoms with van der Waals surface area (Å²) < 4.78 is 10.9. The van der Waals surface area contributed by atoms with Crippen molar-refractivity contribution in [2.24, 2.45) is 4.99 Å². The number of benzene rings is 1. The molecule has 0 heterocycles. The van der Waals surface area contributed by atoms with Gasteiger partial charge in [-0.05, 0) is 46.1 Å².